The zero-order chi connectivity index (χ0) is 20.9. The molecule has 0 aliphatic carbocycles. The van der Waals surface area contributed by atoms with Crippen LogP contribution in [0.4, 0.5) is 0 Å². The van der Waals surface area contributed by atoms with Crippen LogP contribution in [0.15, 0.2) is 55.0 Å². The van der Waals surface area contributed by atoms with Crippen molar-refractivity contribution in [3.05, 3.63) is 82.7 Å². The quantitative estimate of drug-likeness (QED) is 0.609. The number of hydrogen-bond acceptors (Lipinski definition) is 4. The summed E-state index contributed by atoms with van der Waals surface area (Å²) in [5.41, 5.74) is 3.09. The maximum atomic E-state index is 13.1. The van der Waals surface area contributed by atoms with Gasteiger partial charge in [-0.1, -0.05) is 42.8 Å². The first-order valence-corrected chi connectivity index (χ1v) is 10.7. The number of likely N-dealkylation sites (tertiary alicyclic amines) is 1. The van der Waals surface area contributed by atoms with Gasteiger partial charge in [0.05, 0.1) is 5.92 Å². The van der Waals surface area contributed by atoms with Gasteiger partial charge >= 0.3 is 0 Å². The molecule has 4 rings (SSSR count). The number of aryl methyl sites for hydroxylation is 1. The second-order valence-electron chi connectivity index (χ2n) is 7.71. The first kappa shape index (κ1) is 20.6. The maximum Gasteiger partial charge on any atom is 0.225 e. The van der Waals surface area contributed by atoms with Gasteiger partial charge in [-0.3, -0.25) is 14.7 Å². The second-order valence-corrected chi connectivity index (χ2v) is 8.12. The predicted octanol–water partition coefficient (Wildman–Crippen LogP) is 3.55. The highest BCUT2D eigenvalue weighted by Gasteiger charge is 2.38. The number of aromatic amines is 1. The zero-order valence-electron chi connectivity index (χ0n) is 17.0. The van der Waals surface area contributed by atoms with Crippen molar-refractivity contribution >= 4 is 17.5 Å². The van der Waals surface area contributed by atoms with Crippen LogP contribution in [0.2, 0.25) is 5.02 Å². The summed E-state index contributed by atoms with van der Waals surface area (Å²) in [5.74, 6) is 0.982. The molecule has 2 atom stereocenters. The Balaban J connectivity index is 1.48. The smallest absolute Gasteiger partial charge is 0.225 e. The number of nitrogens with zero attached hydrogens (tertiary/aromatic N) is 3. The monoisotopic (exact) mass is 423 g/mol. The molecule has 0 spiro atoms. The Bertz CT molecular complexity index is 990. The fourth-order valence-electron chi connectivity index (χ4n) is 4.07. The van der Waals surface area contributed by atoms with E-state index in [1.807, 2.05) is 42.7 Å². The Labute approximate surface area is 181 Å². The fraction of sp³-hybridized carbons (Fsp3) is 0.348. The lowest BCUT2D eigenvalue weighted by Crippen LogP contribution is -2.34. The topological polar surface area (TPSA) is 73.9 Å². The molecule has 7 heteroatoms. The Kier molecular flexibility index (Phi) is 6.45. The van der Waals surface area contributed by atoms with Crippen molar-refractivity contribution in [3.63, 3.8) is 0 Å². The number of nitrogens with one attached hydrogen (secondary N) is 2. The van der Waals surface area contributed by atoms with E-state index in [9.17, 15) is 4.79 Å². The molecule has 1 aliphatic heterocycles. The number of halogens is 1. The molecular weight excluding hydrogens is 398 g/mol. The Hall–Kier alpha value is -2.70. The predicted molar refractivity (Wildman–Crippen MR) is 117 cm³/mol. The number of H-pyrrole nitrogens is 1. The summed E-state index contributed by atoms with van der Waals surface area (Å²) < 4.78 is 0. The zero-order valence-corrected chi connectivity index (χ0v) is 17.8. The number of carbonyl (C=O) groups is 1. The summed E-state index contributed by atoms with van der Waals surface area (Å²) in [6.45, 7) is 4.74. The molecule has 2 N–H and O–H groups in total. The van der Waals surface area contributed by atoms with Crippen LogP contribution in [0.5, 0.6) is 0 Å². The molecule has 3 aromatic rings. The third-order valence-corrected chi connectivity index (χ3v) is 6.03. The lowest BCUT2D eigenvalue weighted by atomic mass is 9.89. The highest BCUT2D eigenvalue weighted by Crippen LogP contribution is 2.33. The van der Waals surface area contributed by atoms with Crippen LogP contribution in [0.1, 0.15) is 35.5 Å². The standard InChI is InChI=1S/C23H26ClN5O/c1-2-22-26-12-18(28-22)13-29-14-19(16-7-5-9-25-10-16)20(15-29)23(30)27-11-17-6-3-4-8-21(17)24/h3-10,12,19-20H,2,11,13-15H2,1H3,(H,26,28)(H,27,30)/t19-,20+/m0/s1. The number of hydrogen-bond donors (Lipinski definition) is 2. The third kappa shape index (κ3) is 4.71. The summed E-state index contributed by atoms with van der Waals surface area (Å²) in [6, 6.07) is 11.6. The highest BCUT2D eigenvalue weighted by molar-refractivity contribution is 6.31. The van der Waals surface area contributed by atoms with Gasteiger partial charge in [0, 0.05) is 67.8 Å². The van der Waals surface area contributed by atoms with Gasteiger partial charge in [-0.15, -0.1) is 0 Å². The van der Waals surface area contributed by atoms with Crippen molar-refractivity contribution in [1.29, 1.82) is 0 Å². The number of aromatic nitrogens is 3. The van der Waals surface area contributed by atoms with Gasteiger partial charge in [-0.2, -0.15) is 0 Å². The van der Waals surface area contributed by atoms with Crippen LogP contribution < -0.4 is 5.32 Å². The average molecular weight is 424 g/mol. The van der Waals surface area contributed by atoms with E-state index in [-0.39, 0.29) is 17.7 Å². The number of carbonyl (C=O) groups excluding carboxylic acids is 1. The molecule has 1 fully saturated rings. The molecule has 156 valence electrons. The van der Waals surface area contributed by atoms with Gasteiger partial charge in [0.25, 0.3) is 0 Å². The van der Waals surface area contributed by atoms with Gasteiger partial charge in [0.2, 0.25) is 5.91 Å². The van der Waals surface area contributed by atoms with Crippen LogP contribution in [-0.2, 0) is 24.3 Å². The molecule has 1 aromatic carbocycles. The Morgan fingerprint density at radius 3 is 2.83 bits per heavy atom. The van der Waals surface area contributed by atoms with Crippen LogP contribution >= 0.6 is 11.6 Å². The first-order chi connectivity index (χ1) is 14.6. The first-order valence-electron chi connectivity index (χ1n) is 10.3. The molecule has 6 nitrogen and oxygen atoms in total. The van der Waals surface area contributed by atoms with Crippen molar-refractivity contribution in [1.82, 2.24) is 25.2 Å². The molecule has 0 saturated carbocycles. The highest BCUT2D eigenvalue weighted by atomic mass is 35.5. The molecule has 30 heavy (non-hydrogen) atoms. The minimum Gasteiger partial charge on any atom is -0.352 e. The van der Waals surface area contributed by atoms with Gasteiger partial charge in [-0.25, -0.2) is 4.98 Å². The SMILES string of the molecule is CCc1ncc(CN2C[C@@H](C(=O)NCc3ccccc3Cl)[C@H](c3cccnc3)C2)[nH]1. The van der Waals surface area contributed by atoms with Crippen molar-refractivity contribution < 1.29 is 4.79 Å². The van der Waals surface area contributed by atoms with Gasteiger partial charge < -0.3 is 10.3 Å². The summed E-state index contributed by atoms with van der Waals surface area (Å²) in [4.78, 5) is 27.5. The number of imidazole rings is 1. The molecule has 3 heterocycles. The van der Waals surface area contributed by atoms with Gasteiger partial charge in [0.15, 0.2) is 0 Å². The van der Waals surface area contributed by atoms with Crippen LogP contribution in [0, 0.1) is 5.92 Å². The van der Waals surface area contributed by atoms with Crippen LogP contribution in [0.25, 0.3) is 0 Å². The van der Waals surface area contributed by atoms with Crippen molar-refractivity contribution in [2.45, 2.75) is 32.4 Å². The lowest BCUT2D eigenvalue weighted by Gasteiger charge is -2.18. The summed E-state index contributed by atoms with van der Waals surface area (Å²) >= 11 is 6.24. The summed E-state index contributed by atoms with van der Waals surface area (Å²) in [5, 5.41) is 3.76. The van der Waals surface area contributed by atoms with Crippen LogP contribution in [0.3, 0.4) is 0 Å². The largest absolute Gasteiger partial charge is 0.352 e. The second kappa shape index (κ2) is 9.41. The normalized spacial score (nSPS) is 19.1. The van der Waals surface area contributed by atoms with E-state index in [0.717, 1.165) is 42.2 Å². The average Bonchev–Trinajstić information content (AvgIpc) is 3.41. The van der Waals surface area contributed by atoms with E-state index in [1.54, 1.807) is 6.20 Å². The molecular formula is C23H26ClN5O. The van der Waals surface area contributed by atoms with Gasteiger partial charge in [0.1, 0.15) is 5.82 Å². The maximum absolute atomic E-state index is 13.1. The number of pyridine rings is 1. The minimum atomic E-state index is -0.148. The van der Waals surface area contributed by atoms with Gasteiger partial charge in [-0.05, 0) is 23.3 Å². The van der Waals surface area contributed by atoms with Crippen LogP contribution in [-0.4, -0.2) is 38.8 Å². The molecule has 0 unspecified atom stereocenters. The molecule has 1 saturated heterocycles. The number of benzene rings is 1. The Morgan fingerprint density at radius 1 is 1.23 bits per heavy atom. The van der Waals surface area contributed by atoms with E-state index in [2.05, 4.69) is 38.2 Å². The Morgan fingerprint density at radius 2 is 2.10 bits per heavy atom. The van der Waals surface area contributed by atoms with E-state index in [0.29, 0.717) is 18.1 Å². The fourth-order valence-corrected chi connectivity index (χ4v) is 4.28. The molecule has 0 bridgehead atoms. The van der Waals surface area contributed by atoms with E-state index in [1.165, 1.54) is 0 Å². The number of amides is 1. The molecule has 1 aliphatic rings. The van der Waals surface area contributed by atoms with Crippen molar-refractivity contribution in [2.24, 2.45) is 5.92 Å². The number of rotatable bonds is 7. The molecule has 0 radical (unpaired) electrons. The lowest BCUT2D eigenvalue weighted by molar-refractivity contribution is -0.125. The summed E-state index contributed by atoms with van der Waals surface area (Å²) in [6.07, 6.45) is 6.40. The summed E-state index contributed by atoms with van der Waals surface area (Å²) in [7, 11) is 0. The van der Waals surface area contributed by atoms with E-state index < -0.39 is 0 Å². The minimum absolute atomic E-state index is 0.0464. The third-order valence-electron chi connectivity index (χ3n) is 5.67. The van der Waals surface area contributed by atoms with Crippen molar-refractivity contribution in [3.8, 4) is 0 Å². The molecule has 2 aromatic heterocycles. The van der Waals surface area contributed by atoms with E-state index in [4.69, 9.17) is 11.6 Å². The molecule has 1 amide bonds. The van der Waals surface area contributed by atoms with E-state index >= 15 is 0 Å². The van der Waals surface area contributed by atoms with Crippen molar-refractivity contribution in [2.75, 3.05) is 13.1 Å².